The number of aromatic nitrogens is 2. The number of ether oxygens (including phenoxy) is 1. The maximum Gasteiger partial charge on any atom is 0.350 e. The fraction of sp³-hybridized carbons (Fsp3) is 0.188. The Hall–Kier alpha value is -3.07. The second-order valence-electron chi connectivity index (χ2n) is 4.44. The molecule has 0 aliphatic carbocycles. The molecule has 6 heteroatoms. The molecule has 1 aromatic carbocycles. The van der Waals surface area contributed by atoms with Crippen molar-refractivity contribution in [3.63, 3.8) is 0 Å². The monoisotopic (exact) mass is 296 g/mol. The number of nitrogens with one attached hydrogen (secondary N) is 1. The van der Waals surface area contributed by atoms with Gasteiger partial charge in [0.15, 0.2) is 5.57 Å². The summed E-state index contributed by atoms with van der Waals surface area (Å²) in [4.78, 5) is 11.5. The Morgan fingerprint density at radius 1 is 1.45 bits per heavy atom. The van der Waals surface area contributed by atoms with Crippen molar-refractivity contribution in [2.45, 2.75) is 6.92 Å². The molecule has 0 radical (unpaired) electrons. The molecule has 0 spiro atoms. The minimum absolute atomic E-state index is 0.0932. The van der Waals surface area contributed by atoms with Gasteiger partial charge in [0.2, 0.25) is 0 Å². The van der Waals surface area contributed by atoms with Crippen LogP contribution in [0, 0.1) is 11.3 Å². The highest BCUT2D eigenvalue weighted by Crippen LogP contribution is 2.21. The molecule has 2 rings (SSSR count). The lowest BCUT2D eigenvalue weighted by Crippen LogP contribution is -2.08. The third kappa shape index (κ3) is 3.52. The fourth-order valence-corrected chi connectivity index (χ4v) is 1.84. The molecule has 112 valence electrons. The van der Waals surface area contributed by atoms with Crippen LogP contribution in [-0.2, 0) is 16.6 Å². The zero-order valence-electron chi connectivity index (χ0n) is 12.4. The Balaban J connectivity index is 2.19. The second-order valence-corrected chi connectivity index (χ2v) is 4.44. The average molecular weight is 296 g/mol. The highest BCUT2D eigenvalue weighted by Gasteiger charge is 2.11. The molecule has 1 heterocycles. The lowest BCUT2D eigenvalue weighted by Gasteiger charge is -2.02. The van der Waals surface area contributed by atoms with Crippen LogP contribution in [0.3, 0.4) is 0 Å². The number of rotatable bonds is 5. The third-order valence-corrected chi connectivity index (χ3v) is 2.93. The van der Waals surface area contributed by atoms with Crippen LogP contribution in [0.25, 0.3) is 11.3 Å². The Bertz CT molecular complexity index is 726. The molecule has 22 heavy (non-hydrogen) atoms. The number of esters is 1. The molecular weight excluding hydrogens is 280 g/mol. The molecule has 0 atom stereocenters. The van der Waals surface area contributed by atoms with Gasteiger partial charge in [-0.25, -0.2) is 4.79 Å². The maximum absolute atomic E-state index is 11.5. The smallest absolute Gasteiger partial charge is 0.350 e. The molecule has 0 amide bonds. The lowest BCUT2D eigenvalue weighted by molar-refractivity contribution is -0.138. The van der Waals surface area contributed by atoms with Gasteiger partial charge in [-0.15, -0.1) is 0 Å². The van der Waals surface area contributed by atoms with Gasteiger partial charge in [-0.3, -0.25) is 4.68 Å². The summed E-state index contributed by atoms with van der Waals surface area (Å²) < 4.78 is 6.43. The minimum atomic E-state index is -0.650. The van der Waals surface area contributed by atoms with E-state index in [0.29, 0.717) is 5.82 Å². The normalized spacial score (nSPS) is 10.9. The van der Waals surface area contributed by atoms with E-state index in [1.165, 1.54) is 6.20 Å². The van der Waals surface area contributed by atoms with E-state index in [1.54, 1.807) is 18.7 Å². The summed E-state index contributed by atoms with van der Waals surface area (Å²) in [7, 11) is 1.78. The predicted molar refractivity (Wildman–Crippen MR) is 82.6 cm³/mol. The zero-order chi connectivity index (χ0) is 15.9. The van der Waals surface area contributed by atoms with Gasteiger partial charge in [-0.1, -0.05) is 30.3 Å². The first kappa shape index (κ1) is 15.3. The lowest BCUT2D eigenvalue weighted by atomic mass is 10.2. The summed E-state index contributed by atoms with van der Waals surface area (Å²) >= 11 is 0. The molecule has 0 unspecified atom stereocenters. The van der Waals surface area contributed by atoms with Gasteiger partial charge in [0, 0.05) is 24.9 Å². The summed E-state index contributed by atoms with van der Waals surface area (Å²) in [6, 6.07) is 13.4. The number of nitriles is 1. The van der Waals surface area contributed by atoms with E-state index in [2.05, 4.69) is 10.4 Å². The standard InChI is InChI=1S/C16H16N4O2/c1-3-22-16(21)13(10-17)11-18-15-9-14(19-20(15)2)12-7-5-4-6-8-12/h4-9,11,18H,3H2,1-2H3. The average Bonchev–Trinajstić information content (AvgIpc) is 2.90. The van der Waals surface area contributed by atoms with Gasteiger partial charge < -0.3 is 10.1 Å². The van der Waals surface area contributed by atoms with E-state index in [9.17, 15) is 4.79 Å². The van der Waals surface area contributed by atoms with Gasteiger partial charge in [0.1, 0.15) is 11.9 Å². The van der Waals surface area contributed by atoms with Gasteiger partial charge in [0.05, 0.1) is 12.3 Å². The number of hydrogen-bond donors (Lipinski definition) is 1. The number of benzene rings is 1. The summed E-state index contributed by atoms with van der Waals surface area (Å²) in [5.74, 6) is 0.0128. The van der Waals surface area contributed by atoms with Crippen molar-refractivity contribution < 1.29 is 9.53 Å². The van der Waals surface area contributed by atoms with Gasteiger partial charge >= 0.3 is 5.97 Å². The Morgan fingerprint density at radius 2 is 2.18 bits per heavy atom. The van der Waals surface area contributed by atoms with E-state index in [-0.39, 0.29) is 12.2 Å². The highest BCUT2D eigenvalue weighted by atomic mass is 16.5. The molecule has 1 aromatic heterocycles. The van der Waals surface area contributed by atoms with Crippen molar-refractivity contribution in [3.05, 3.63) is 48.2 Å². The van der Waals surface area contributed by atoms with Crippen LogP contribution < -0.4 is 5.32 Å². The number of carbonyl (C=O) groups excluding carboxylic acids is 1. The van der Waals surface area contributed by atoms with Crippen LogP contribution in [0.5, 0.6) is 0 Å². The summed E-state index contributed by atoms with van der Waals surface area (Å²) in [6.07, 6.45) is 1.32. The molecule has 0 fully saturated rings. The first-order chi connectivity index (χ1) is 10.7. The van der Waals surface area contributed by atoms with Crippen LogP contribution in [-0.4, -0.2) is 22.4 Å². The highest BCUT2D eigenvalue weighted by molar-refractivity contribution is 5.93. The number of nitrogens with zero attached hydrogens (tertiary/aromatic N) is 3. The first-order valence-electron chi connectivity index (χ1n) is 6.79. The Morgan fingerprint density at radius 3 is 2.82 bits per heavy atom. The van der Waals surface area contributed by atoms with Crippen molar-refractivity contribution in [3.8, 4) is 17.3 Å². The quantitative estimate of drug-likeness (QED) is 0.521. The van der Waals surface area contributed by atoms with Crippen molar-refractivity contribution in [2.24, 2.45) is 7.05 Å². The Kier molecular flexibility index (Phi) is 4.94. The van der Waals surface area contributed by atoms with Gasteiger partial charge in [0.25, 0.3) is 0 Å². The van der Waals surface area contributed by atoms with Gasteiger partial charge in [-0.2, -0.15) is 10.4 Å². The molecule has 0 aliphatic heterocycles. The third-order valence-electron chi connectivity index (χ3n) is 2.93. The molecule has 6 nitrogen and oxygen atoms in total. The number of aryl methyl sites for hydroxylation is 1. The van der Waals surface area contributed by atoms with Crippen molar-refractivity contribution in [1.29, 1.82) is 5.26 Å². The van der Waals surface area contributed by atoms with Gasteiger partial charge in [-0.05, 0) is 6.92 Å². The summed E-state index contributed by atoms with van der Waals surface area (Å²) in [5, 5.41) is 16.3. The van der Waals surface area contributed by atoms with Crippen LogP contribution in [0.15, 0.2) is 48.2 Å². The fourth-order valence-electron chi connectivity index (χ4n) is 1.84. The van der Waals surface area contributed by atoms with E-state index >= 15 is 0 Å². The summed E-state index contributed by atoms with van der Waals surface area (Å²) in [5.41, 5.74) is 1.69. The molecule has 0 saturated heterocycles. The van der Waals surface area contributed by atoms with E-state index in [1.807, 2.05) is 42.5 Å². The van der Waals surface area contributed by atoms with Crippen LogP contribution in [0.1, 0.15) is 6.92 Å². The van der Waals surface area contributed by atoms with Crippen LogP contribution in [0.2, 0.25) is 0 Å². The molecule has 0 bridgehead atoms. The van der Waals surface area contributed by atoms with Crippen molar-refractivity contribution in [2.75, 3.05) is 11.9 Å². The molecule has 1 N–H and O–H groups in total. The van der Waals surface area contributed by atoms with E-state index in [4.69, 9.17) is 10.00 Å². The minimum Gasteiger partial charge on any atom is -0.462 e. The molecular formula is C16H16N4O2. The second kappa shape index (κ2) is 7.09. The topological polar surface area (TPSA) is 79.9 Å². The van der Waals surface area contributed by atoms with E-state index < -0.39 is 5.97 Å². The largest absolute Gasteiger partial charge is 0.462 e. The van der Waals surface area contributed by atoms with Crippen molar-refractivity contribution in [1.82, 2.24) is 9.78 Å². The van der Waals surface area contributed by atoms with E-state index in [0.717, 1.165) is 11.3 Å². The van der Waals surface area contributed by atoms with Crippen LogP contribution >= 0.6 is 0 Å². The number of anilines is 1. The number of hydrogen-bond acceptors (Lipinski definition) is 5. The number of carbonyl (C=O) groups is 1. The van der Waals surface area contributed by atoms with Crippen LogP contribution in [0.4, 0.5) is 5.82 Å². The first-order valence-corrected chi connectivity index (χ1v) is 6.79. The SMILES string of the molecule is CCOC(=O)C(C#N)=CNc1cc(-c2ccccc2)nn1C. The molecule has 0 aliphatic rings. The zero-order valence-corrected chi connectivity index (χ0v) is 12.4. The molecule has 2 aromatic rings. The Labute approximate surface area is 128 Å². The maximum atomic E-state index is 11.5. The summed E-state index contributed by atoms with van der Waals surface area (Å²) in [6.45, 7) is 1.91. The molecule has 0 saturated carbocycles. The predicted octanol–water partition coefficient (Wildman–Crippen LogP) is 2.47. The van der Waals surface area contributed by atoms with Crippen molar-refractivity contribution >= 4 is 11.8 Å².